The van der Waals surface area contributed by atoms with Gasteiger partial charge < -0.3 is 24.1 Å². The van der Waals surface area contributed by atoms with Crippen LogP contribution >= 0.6 is 32.2 Å². The number of aromatic nitrogens is 2. The van der Waals surface area contributed by atoms with Crippen LogP contribution in [0.4, 0.5) is 13.2 Å². The lowest BCUT2D eigenvalue weighted by Crippen LogP contribution is -2.36. The first-order chi connectivity index (χ1) is 18.1. The van der Waals surface area contributed by atoms with Crippen molar-refractivity contribution in [3.8, 4) is 5.75 Å². The monoisotopic (exact) mass is 611 g/mol. The van der Waals surface area contributed by atoms with E-state index >= 15 is 0 Å². The van der Waals surface area contributed by atoms with Crippen molar-refractivity contribution in [1.82, 2.24) is 14.6 Å². The van der Waals surface area contributed by atoms with Gasteiger partial charge in [0.15, 0.2) is 16.8 Å². The number of hydrogen-bond donors (Lipinski definition) is 3. The molecule has 39 heavy (non-hydrogen) atoms. The molecular formula is C23H29F3N3O7PS2. The minimum Gasteiger partial charge on any atom is -0.508 e. The van der Waals surface area contributed by atoms with Crippen LogP contribution in [0.1, 0.15) is 40.3 Å². The topological polar surface area (TPSA) is 124 Å². The lowest BCUT2D eigenvalue weighted by atomic mass is 10.3. The molecule has 1 aromatic heterocycles. The summed E-state index contributed by atoms with van der Waals surface area (Å²) < 4.78 is 76.2. The smallest absolute Gasteiger partial charge is 0.459 e. The van der Waals surface area contributed by atoms with Gasteiger partial charge in [0.2, 0.25) is 0 Å². The highest BCUT2D eigenvalue weighted by Crippen LogP contribution is 2.45. The van der Waals surface area contributed by atoms with Crippen LogP contribution in [0.25, 0.3) is 0 Å². The predicted molar refractivity (Wildman–Crippen MR) is 141 cm³/mol. The maximum absolute atomic E-state index is 13.7. The average molecular weight is 612 g/mol. The van der Waals surface area contributed by atoms with E-state index < -0.39 is 62.8 Å². The largest absolute Gasteiger partial charge is 0.508 e. The molecule has 0 saturated carbocycles. The van der Waals surface area contributed by atoms with E-state index in [1.165, 1.54) is 42.8 Å². The number of nitrogens with zero attached hydrogens (tertiary/aromatic N) is 1. The van der Waals surface area contributed by atoms with Gasteiger partial charge in [-0.2, -0.15) is 18.3 Å². The number of hydrogen-bond acceptors (Lipinski definition) is 9. The van der Waals surface area contributed by atoms with Crippen LogP contribution in [0.5, 0.6) is 5.75 Å². The quantitative estimate of drug-likeness (QED) is 0.0980. The Kier molecular flexibility index (Phi) is 11.7. The third-order valence-corrected chi connectivity index (χ3v) is 6.81. The zero-order valence-corrected chi connectivity index (χ0v) is 24.0. The fourth-order valence-electron chi connectivity index (χ4n) is 2.93. The molecule has 0 saturated heterocycles. The third kappa shape index (κ3) is 11.1. The standard InChI is InChI=1S/C23H29F3N3O7PS2/c1-14(2)34-21(31)15(3)28-37(32,36-17-8-6-5-7-9-17)33-13-19(18(30)12-23(24,25)26)35-16(4)29-11-10-20(38)27-22(29)39/h5-11,14-16,30H,12-13H2,1-4H3,(H,28,32)(H,27,38,39)/b19-18+/t15-,16+,37?/m0/s1. The Bertz CT molecular complexity index is 1320. The van der Waals surface area contributed by atoms with Crippen LogP contribution < -0.4 is 9.61 Å². The zero-order valence-electron chi connectivity index (χ0n) is 21.4. The van der Waals surface area contributed by atoms with Crippen molar-refractivity contribution in [3.63, 3.8) is 0 Å². The molecule has 0 amide bonds. The SMILES string of the molecule is CC(C)OC(=O)[C@H](C)NP(=O)(OC/C(O[C@H](C)n1ccc(=S)[nH]c1=S)=C(\O)CC(F)(F)F)Oc1ccccc1. The van der Waals surface area contributed by atoms with Gasteiger partial charge in [-0.1, -0.05) is 30.4 Å². The number of esters is 1. The van der Waals surface area contributed by atoms with Gasteiger partial charge in [-0.15, -0.1) is 0 Å². The first-order valence-electron chi connectivity index (χ1n) is 11.5. The summed E-state index contributed by atoms with van der Waals surface area (Å²) in [4.78, 5) is 15.0. The Hall–Kier alpha value is -2.71. The molecule has 0 radical (unpaired) electrons. The fourth-order valence-corrected chi connectivity index (χ4v) is 4.92. The molecule has 0 spiro atoms. The van der Waals surface area contributed by atoms with Gasteiger partial charge in [0.25, 0.3) is 0 Å². The summed E-state index contributed by atoms with van der Waals surface area (Å²) in [6.07, 6.45) is -6.64. The highest BCUT2D eigenvalue weighted by molar-refractivity contribution is 7.72. The Morgan fingerprint density at radius 1 is 1.13 bits per heavy atom. The van der Waals surface area contributed by atoms with Crippen molar-refractivity contribution in [1.29, 1.82) is 0 Å². The Morgan fingerprint density at radius 3 is 2.33 bits per heavy atom. The van der Waals surface area contributed by atoms with E-state index in [1.807, 2.05) is 0 Å². The molecule has 0 aliphatic rings. The molecule has 2 aromatic rings. The van der Waals surface area contributed by atoms with Crippen LogP contribution in [0, 0.1) is 9.41 Å². The van der Waals surface area contributed by atoms with Gasteiger partial charge in [0, 0.05) is 6.20 Å². The summed E-state index contributed by atoms with van der Waals surface area (Å²) in [5.41, 5.74) is 0. The number of allylic oxidation sites excluding steroid dienone is 1. The number of aliphatic hydroxyl groups excluding tert-OH is 1. The Morgan fingerprint density at radius 2 is 1.77 bits per heavy atom. The molecule has 16 heteroatoms. The number of para-hydroxylation sites is 1. The first kappa shape index (κ1) is 32.5. The molecule has 3 atom stereocenters. The van der Waals surface area contributed by atoms with E-state index in [9.17, 15) is 27.6 Å². The number of rotatable bonds is 13. The molecule has 0 bridgehead atoms. The number of H-pyrrole nitrogens is 1. The van der Waals surface area contributed by atoms with Crippen LogP contribution in [0.2, 0.25) is 0 Å². The fraction of sp³-hybridized carbons (Fsp3) is 0.435. The highest BCUT2D eigenvalue weighted by Gasteiger charge is 2.35. The van der Waals surface area contributed by atoms with Crippen LogP contribution in [-0.2, 0) is 23.4 Å². The van der Waals surface area contributed by atoms with Crippen LogP contribution in [0.15, 0.2) is 54.1 Å². The molecule has 0 aliphatic carbocycles. The van der Waals surface area contributed by atoms with Crippen LogP contribution in [0.3, 0.4) is 0 Å². The lowest BCUT2D eigenvalue weighted by molar-refractivity contribution is -0.149. The maximum atomic E-state index is 13.7. The van der Waals surface area contributed by atoms with E-state index in [4.69, 9.17) is 43.0 Å². The number of carbonyl (C=O) groups is 1. The minimum absolute atomic E-state index is 0.0722. The maximum Gasteiger partial charge on any atom is 0.459 e. The third-order valence-electron chi connectivity index (χ3n) is 4.64. The molecule has 1 unspecified atom stereocenters. The number of carbonyl (C=O) groups excluding carboxylic acids is 1. The summed E-state index contributed by atoms with van der Waals surface area (Å²) in [7, 11) is -4.48. The van der Waals surface area contributed by atoms with Crippen molar-refractivity contribution in [2.24, 2.45) is 0 Å². The van der Waals surface area contributed by atoms with Crippen LogP contribution in [-0.4, -0.2) is 45.6 Å². The van der Waals surface area contributed by atoms with Crippen molar-refractivity contribution in [2.75, 3.05) is 6.61 Å². The summed E-state index contributed by atoms with van der Waals surface area (Å²) in [6, 6.07) is 8.00. The molecule has 1 heterocycles. The number of aromatic amines is 1. The first-order valence-corrected chi connectivity index (χ1v) is 13.9. The molecule has 2 rings (SSSR count). The van der Waals surface area contributed by atoms with E-state index in [0.717, 1.165) is 0 Å². The van der Waals surface area contributed by atoms with Gasteiger partial charge >= 0.3 is 19.9 Å². The highest BCUT2D eigenvalue weighted by atomic mass is 32.1. The molecule has 0 aliphatic heterocycles. The summed E-state index contributed by atoms with van der Waals surface area (Å²) in [5, 5.41) is 12.7. The number of halogens is 3. The van der Waals surface area contributed by atoms with E-state index in [1.54, 1.807) is 32.0 Å². The van der Waals surface area contributed by atoms with Crippen molar-refractivity contribution < 1.29 is 46.2 Å². The second-order valence-electron chi connectivity index (χ2n) is 8.41. The zero-order chi connectivity index (χ0) is 29.4. The van der Waals surface area contributed by atoms with Gasteiger partial charge in [-0.25, -0.2) is 4.57 Å². The van der Waals surface area contributed by atoms with Gasteiger partial charge in [0.05, 0.1) is 6.10 Å². The molecular weight excluding hydrogens is 582 g/mol. The summed E-state index contributed by atoms with van der Waals surface area (Å²) in [5.74, 6) is -2.62. The van der Waals surface area contributed by atoms with Gasteiger partial charge in [-0.05, 0) is 58.1 Å². The second-order valence-corrected chi connectivity index (χ2v) is 10.9. The molecule has 0 fully saturated rings. The number of alkyl halides is 3. The number of ether oxygens (including phenoxy) is 2. The molecule has 1 aromatic carbocycles. The van der Waals surface area contributed by atoms with E-state index in [0.29, 0.717) is 4.64 Å². The summed E-state index contributed by atoms with van der Waals surface area (Å²) in [6.45, 7) is 5.08. The Balaban J connectivity index is 2.37. The van der Waals surface area contributed by atoms with E-state index in [-0.39, 0.29) is 10.5 Å². The molecule has 3 N–H and O–H groups in total. The van der Waals surface area contributed by atoms with Gasteiger partial charge in [-0.3, -0.25) is 13.9 Å². The van der Waals surface area contributed by atoms with E-state index in [2.05, 4.69) is 10.1 Å². The number of aliphatic hydroxyl groups is 1. The Labute approximate surface area is 233 Å². The van der Waals surface area contributed by atoms with Crippen molar-refractivity contribution in [3.05, 3.63) is 63.5 Å². The predicted octanol–water partition coefficient (Wildman–Crippen LogP) is 6.67. The number of benzene rings is 1. The normalized spacial score (nSPS) is 15.6. The lowest BCUT2D eigenvalue weighted by Gasteiger charge is -2.25. The average Bonchev–Trinajstić information content (AvgIpc) is 2.80. The van der Waals surface area contributed by atoms with Crippen molar-refractivity contribution in [2.45, 2.75) is 58.7 Å². The minimum atomic E-state index is -4.80. The van der Waals surface area contributed by atoms with Crippen molar-refractivity contribution >= 4 is 38.2 Å². The number of nitrogens with one attached hydrogen (secondary N) is 2. The molecule has 10 nitrogen and oxygen atoms in total. The molecule has 216 valence electrons. The summed E-state index contributed by atoms with van der Waals surface area (Å²) >= 11 is 10.2. The second kappa shape index (κ2) is 14.1. The van der Waals surface area contributed by atoms with Gasteiger partial charge in [0.1, 0.15) is 35.2 Å².